The van der Waals surface area contributed by atoms with Crippen LogP contribution in [0.4, 0.5) is 5.69 Å². The molecule has 2 aliphatic rings. The van der Waals surface area contributed by atoms with E-state index in [-0.39, 0.29) is 28.4 Å². The minimum atomic E-state index is -1.04. The van der Waals surface area contributed by atoms with E-state index in [9.17, 15) is 19.5 Å². The van der Waals surface area contributed by atoms with Crippen LogP contribution in [0.15, 0.2) is 65.6 Å². The van der Waals surface area contributed by atoms with Gasteiger partial charge in [0, 0.05) is 38.5 Å². The first-order valence-corrected chi connectivity index (χ1v) is 11.9. The summed E-state index contributed by atoms with van der Waals surface area (Å²) in [5.74, 6) is -1.51. The number of carboxylic acids is 1. The molecule has 2 unspecified atom stereocenters. The van der Waals surface area contributed by atoms with Gasteiger partial charge >= 0.3 is 5.97 Å². The predicted octanol–water partition coefficient (Wildman–Crippen LogP) is 5.93. The number of halogens is 1. The number of benzene rings is 2. The van der Waals surface area contributed by atoms with Gasteiger partial charge in [-0.2, -0.15) is 0 Å². The summed E-state index contributed by atoms with van der Waals surface area (Å²) in [6, 6.07) is 10.1. The number of rotatable bonds is 3. The van der Waals surface area contributed by atoms with Gasteiger partial charge in [-0.3, -0.25) is 9.59 Å². The van der Waals surface area contributed by atoms with Crippen LogP contribution in [0.3, 0.4) is 0 Å². The Kier molecular flexibility index (Phi) is 5.20. The summed E-state index contributed by atoms with van der Waals surface area (Å²) in [6.45, 7) is 0. The third-order valence-corrected chi connectivity index (χ3v) is 8.62. The second-order valence-corrected chi connectivity index (χ2v) is 10.2. The molecule has 2 aromatic carbocycles. The zero-order chi connectivity index (χ0) is 22.6. The average molecular weight is 482 g/mol. The molecule has 0 bridgehead atoms. The van der Waals surface area contributed by atoms with Gasteiger partial charge in [0.25, 0.3) is 5.91 Å². The number of carboxylic acid groups (broad SMARTS) is 1. The standard InChI is InChI=1S/C24H16ClNO4S2/c1-26(23(28)22-20(25)14-8-6-12(24(29)30)10-19(14)32-22)13-7-9-18-16(11-13)21(27)15-4-2-3-5-17(15)31-18/h2-11,15,17H,1H3,(H,29,30). The lowest BCUT2D eigenvalue weighted by molar-refractivity contribution is 0.0696. The van der Waals surface area contributed by atoms with Crippen LogP contribution in [0.1, 0.15) is 30.4 Å². The lowest BCUT2D eigenvalue weighted by Crippen LogP contribution is -2.30. The molecule has 0 radical (unpaired) electrons. The summed E-state index contributed by atoms with van der Waals surface area (Å²) in [4.78, 5) is 40.3. The maximum atomic E-state index is 13.3. The Morgan fingerprint density at radius 1 is 1.09 bits per heavy atom. The summed E-state index contributed by atoms with van der Waals surface area (Å²) in [6.07, 6.45) is 7.82. The van der Waals surface area contributed by atoms with E-state index in [0.29, 0.717) is 31.2 Å². The molecule has 0 saturated heterocycles. The molecule has 1 N–H and O–H groups in total. The van der Waals surface area contributed by atoms with Gasteiger partial charge in [0.15, 0.2) is 5.78 Å². The molecule has 0 spiro atoms. The van der Waals surface area contributed by atoms with Crippen molar-refractivity contribution >= 4 is 68.1 Å². The minimum absolute atomic E-state index is 0.0492. The molecule has 0 fully saturated rings. The lowest BCUT2D eigenvalue weighted by atomic mass is 9.90. The SMILES string of the molecule is CN(C(=O)c1sc2cc(C(=O)O)ccc2c1Cl)c1ccc2c(c1)C(=O)C1C=CC=CC1S2. The fourth-order valence-electron chi connectivity index (χ4n) is 3.89. The maximum Gasteiger partial charge on any atom is 0.335 e. The number of amides is 1. The first kappa shape index (κ1) is 21.0. The Balaban J connectivity index is 1.49. The monoisotopic (exact) mass is 481 g/mol. The lowest BCUT2D eigenvalue weighted by Gasteiger charge is -2.30. The molecular weight excluding hydrogens is 466 g/mol. The molecule has 0 saturated carbocycles. The van der Waals surface area contributed by atoms with Crippen LogP contribution in [0.5, 0.6) is 0 Å². The zero-order valence-electron chi connectivity index (χ0n) is 16.7. The van der Waals surface area contributed by atoms with E-state index in [1.807, 2.05) is 36.4 Å². The number of carbonyl (C=O) groups excluding carboxylic acids is 2. The third kappa shape index (κ3) is 3.37. The molecule has 1 aliphatic carbocycles. The van der Waals surface area contributed by atoms with E-state index in [4.69, 9.17) is 11.6 Å². The van der Waals surface area contributed by atoms with Gasteiger partial charge < -0.3 is 10.0 Å². The van der Waals surface area contributed by atoms with Gasteiger partial charge in [-0.15, -0.1) is 23.1 Å². The van der Waals surface area contributed by atoms with Gasteiger partial charge in [0.2, 0.25) is 0 Å². The van der Waals surface area contributed by atoms with E-state index in [2.05, 4.69) is 0 Å². The van der Waals surface area contributed by atoms with E-state index < -0.39 is 5.97 Å². The molecule has 3 aromatic rings. The van der Waals surface area contributed by atoms with Gasteiger partial charge in [0.1, 0.15) is 4.88 Å². The Hall–Kier alpha value is -2.87. The molecular formula is C24H16ClNO4S2. The normalized spacial score (nSPS) is 19.0. The Morgan fingerprint density at radius 2 is 1.88 bits per heavy atom. The number of carbonyl (C=O) groups is 3. The molecule has 5 nitrogen and oxygen atoms in total. The first-order valence-electron chi connectivity index (χ1n) is 9.78. The van der Waals surface area contributed by atoms with Gasteiger partial charge in [-0.1, -0.05) is 42.0 Å². The van der Waals surface area contributed by atoms with Crippen LogP contribution in [-0.4, -0.2) is 35.1 Å². The molecule has 2 heterocycles. The van der Waals surface area contributed by atoms with Gasteiger partial charge in [-0.05, 0) is 30.3 Å². The number of fused-ring (bicyclic) bond motifs is 3. The highest BCUT2D eigenvalue weighted by Gasteiger charge is 2.34. The topological polar surface area (TPSA) is 74.7 Å². The maximum absolute atomic E-state index is 13.3. The summed E-state index contributed by atoms with van der Waals surface area (Å²) in [5, 5.41) is 10.2. The largest absolute Gasteiger partial charge is 0.478 e. The number of nitrogens with zero attached hydrogens (tertiary/aromatic N) is 1. The number of hydrogen-bond donors (Lipinski definition) is 1. The number of Topliss-reactive ketones (excluding diaryl/α,β-unsaturated/α-hetero) is 1. The average Bonchev–Trinajstić information content (AvgIpc) is 3.14. The molecule has 1 amide bonds. The van der Waals surface area contributed by atoms with Crippen LogP contribution in [0.25, 0.3) is 10.1 Å². The molecule has 32 heavy (non-hydrogen) atoms. The van der Waals surface area contributed by atoms with Crippen molar-refractivity contribution in [2.24, 2.45) is 5.92 Å². The fourth-order valence-corrected chi connectivity index (χ4v) is 6.67. The van der Waals surface area contributed by atoms with Gasteiger partial charge in [-0.25, -0.2) is 4.79 Å². The van der Waals surface area contributed by atoms with Crippen LogP contribution in [0, 0.1) is 5.92 Å². The van der Waals surface area contributed by atoms with Crippen LogP contribution >= 0.6 is 34.7 Å². The third-order valence-electron chi connectivity index (χ3n) is 5.64. The quantitative estimate of drug-likeness (QED) is 0.502. The fraction of sp³-hybridized carbons (Fsp3) is 0.125. The van der Waals surface area contributed by atoms with E-state index in [1.54, 1.807) is 30.9 Å². The first-order chi connectivity index (χ1) is 15.3. The number of thioether (sulfide) groups is 1. The summed E-state index contributed by atoms with van der Waals surface area (Å²) >= 11 is 9.28. The Bertz CT molecular complexity index is 1370. The molecule has 5 rings (SSSR count). The summed E-state index contributed by atoms with van der Waals surface area (Å²) < 4.78 is 0.631. The van der Waals surface area contributed by atoms with Crippen molar-refractivity contribution in [1.29, 1.82) is 0 Å². The van der Waals surface area contributed by atoms with Crippen LogP contribution in [0.2, 0.25) is 5.02 Å². The van der Waals surface area contributed by atoms with Crippen molar-refractivity contribution in [2.75, 3.05) is 11.9 Å². The molecule has 8 heteroatoms. The number of thiophene rings is 1. The predicted molar refractivity (Wildman–Crippen MR) is 129 cm³/mol. The van der Waals surface area contributed by atoms with Crippen molar-refractivity contribution in [1.82, 2.24) is 0 Å². The minimum Gasteiger partial charge on any atom is -0.478 e. The number of allylic oxidation sites excluding steroid dienone is 3. The number of aromatic carboxylic acids is 1. The second-order valence-electron chi connectivity index (χ2n) is 7.55. The van der Waals surface area contributed by atoms with E-state index >= 15 is 0 Å². The number of ketones is 1. The summed E-state index contributed by atoms with van der Waals surface area (Å²) in [7, 11) is 1.64. The highest BCUT2D eigenvalue weighted by molar-refractivity contribution is 8.00. The smallest absolute Gasteiger partial charge is 0.335 e. The van der Waals surface area contributed by atoms with Crippen LogP contribution < -0.4 is 4.90 Å². The van der Waals surface area contributed by atoms with E-state index in [0.717, 1.165) is 16.2 Å². The van der Waals surface area contributed by atoms with Crippen molar-refractivity contribution in [3.63, 3.8) is 0 Å². The number of anilines is 1. The highest BCUT2D eigenvalue weighted by atomic mass is 35.5. The molecule has 1 aliphatic heterocycles. The van der Waals surface area contributed by atoms with Crippen molar-refractivity contribution in [3.8, 4) is 0 Å². The van der Waals surface area contributed by atoms with Crippen LogP contribution in [-0.2, 0) is 0 Å². The number of hydrogen-bond acceptors (Lipinski definition) is 5. The highest BCUT2D eigenvalue weighted by Crippen LogP contribution is 2.43. The Morgan fingerprint density at radius 3 is 2.66 bits per heavy atom. The van der Waals surface area contributed by atoms with Crippen molar-refractivity contribution in [3.05, 3.63) is 81.7 Å². The van der Waals surface area contributed by atoms with Crippen molar-refractivity contribution in [2.45, 2.75) is 10.1 Å². The molecule has 2 atom stereocenters. The molecule has 1 aromatic heterocycles. The van der Waals surface area contributed by atoms with E-state index in [1.165, 1.54) is 17.0 Å². The second kappa shape index (κ2) is 7.92. The Labute approximate surface area is 197 Å². The van der Waals surface area contributed by atoms with Gasteiger partial charge in [0.05, 0.1) is 16.5 Å². The molecule has 160 valence electrons. The zero-order valence-corrected chi connectivity index (χ0v) is 19.1. The summed E-state index contributed by atoms with van der Waals surface area (Å²) in [5.41, 5.74) is 1.34. The van der Waals surface area contributed by atoms with Crippen molar-refractivity contribution < 1.29 is 19.5 Å².